The third-order valence-electron chi connectivity index (χ3n) is 7.68. The highest BCUT2D eigenvalue weighted by Crippen LogP contribution is 2.30. The van der Waals surface area contributed by atoms with E-state index in [2.05, 4.69) is 5.32 Å². The summed E-state index contributed by atoms with van der Waals surface area (Å²) < 4.78 is 34.6. The molecule has 8 nitrogen and oxygen atoms in total. The maximum atomic E-state index is 14.2. The molecule has 3 aromatic carbocycles. The van der Waals surface area contributed by atoms with Gasteiger partial charge >= 0.3 is 0 Å². The van der Waals surface area contributed by atoms with E-state index in [-0.39, 0.29) is 23.4 Å². The highest BCUT2D eigenvalue weighted by atomic mass is 35.5. The second-order valence-corrected chi connectivity index (χ2v) is 13.1. The molecule has 0 spiro atoms. The van der Waals surface area contributed by atoms with Gasteiger partial charge in [-0.15, -0.1) is 0 Å². The molecule has 0 aromatic heterocycles. The van der Waals surface area contributed by atoms with Crippen molar-refractivity contribution >= 4 is 39.1 Å². The average Bonchev–Trinajstić information content (AvgIpc) is 3.49. The molecule has 0 unspecified atom stereocenters. The van der Waals surface area contributed by atoms with Gasteiger partial charge in [-0.05, 0) is 81.1 Å². The van der Waals surface area contributed by atoms with E-state index < -0.39 is 28.5 Å². The fourth-order valence-electron chi connectivity index (χ4n) is 5.14. The number of sulfonamides is 1. The Morgan fingerprint density at radius 2 is 1.71 bits per heavy atom. The van der Waals surface area contributed by atoms with Crippen LogP contribution in [-0.4, -0.2) is 50.9 Å². The molecule has 2 amide bonds. The van der Waals surface area contributed by atoms with Gasteiger partial charge in [0.25, 0.3) is 10.0 Å². The predicted octanol–water partition coefficient (Wildman–Crippen LogP) is 5.64. The Labute approximate surface area is 253 Å². The van der Waals surface area contributed by atoms with Crippen LogP contribution in [0.5, 0.6) is 5.75 Å². The number of nitrogens with one attached hydrogen (secondary N) is 1. The Morgan fingerprint density at radius 1 is 1.02 bits per heavy atom. The van der Waals surface area contributed by atoms with Gasteiger partial charge in [0.1, 0.15) is 18.3 Å². The number of aryl methyl sites for hydroxylation is 2. The zero-order chi connectivity index (χ0) is 30.4. The monoisotopic (exact) mass is 611 g/mol. The van der Waals surface area contributed by atoms with Crippen LogP contribution in [0, 0.1) is 13.8 Å². The lowest BCUT2D eigenvalue weighted by molar-refractivity contribution is -0.139. The normalized spacial score (nSPS) is 14.3. The third-order valence-corrected chi connectivity index (χ3v) is 9.69. The first-order chi connectivity index (χ1) is 20.0. The first kappa shape index (κ1) is 31.4. The molecule has 0 radical (unpaired) electrons. The first-order valence-corrected chi connectivity index (χ1v) is 15.9. The van der Waals surface area contributed by atoms with Crippen LogP contribution in [0.1, 0.15) is 49.3 Å². The molecule has 0 heterocycles. The van der Waals surface area contributed by atoms with Gasteiger partial charge in [-0.2, -0.15) is 0 Å². The summed E-state index contributed by atoms with van der Waals surface area (Å²) in [6.07, 6.45) is 3.91. The molecule has 3 aromatic rings. The van der Waals surface area contributed by atoms with Crippen LogP contribution in [0.3, 0.4) is 0 Å². The summed E-state index contributed by atoms with van der Waals surface area (Å²) in [4.78, 5) is 29.0. The van der Waals surface area contributed by atoms with Crippen LogP contribution in [0.25, 0.3) is 0 Å². The van der Waals surface area contributed by atoms with Crippen LogP contribution in [0.2, 0.25) is 5.02 Å². The van der Waals surface area contributed by atoms with Gasteiger partial charge in [0.2, 0.25) is 11.8 Å². The summed E-state index contributed by atoms with van der Waals surface area (Å²) >= 11 is 6.30. The maximum Gasteiger partial charge on any atom is 0.264 e. The minimum Gasteiger partial charge on any atom is -0.497 e. The topological polar surface area (TPSA) is 96.0 Å². The standard InChI is InChI=1S/C32H38ClN3O5S/c1-22-12-16-29(17-13-22)42(39,40)36(30-19-26(33)15-14-23(30)2)21-31(37)35(20-25-8-7-11-28(18-25)41-4)24(3)32(38)34-27-9-5-6-10-27/h7-8,11-19,24,27H,5-6,9-10,20-21H2,1-4H3,(H,34,38)/t24-/m0/s1. The molecular formula is C32H38ClN3O5S. The van der Waals surface area contributed by atoms with E-state index in [0.717, 1.165) is 41.1 Å². The van der Waals surface area contributed by atoms with E-state index in [1.54, 1.807) is 63.4 Å². The van der Waals surface area contributed by atoms with Gasteiger partial charge in [0.05, 0.1) is 17.7 Å². The van der Waals surface area contributed by atoms with Crippen LogP contribution in [0.4, 0.5) is 5.69 Å². The van der Waals surface area contributed by atoms with Gasteiger partial charge in [-0.1, -0.05) is 60.3 Å². The molecular weight excluding hydrogens is 574 g/mol. The molecule has 1 aliphatic rings. The Hall–Kier alpha value is -3.56. The van der Waals surface area contributed by atoms with Gasteiger partial charge in [0.15, 0.2) is 0 Å². The number of halogens is 1. The molecule has 1 N–H and O–H groups in total. The number of hydrogen-bond acceptors (Lipinski definition) is 5. The molecule has 4 rings (SSSR count). The average molecular weight is 612 g/mol. The van der Waals surface area contributed by atoms with E-state index in [1.165, 1.54) is 17.0 Å². The number of anilines is 1. The minimum atomic E-state index is -4.18. The van der Waals surface area contributed by atoms with Crippen LogP contribution in [0.15, 0.2) is 71.6 Å². The predicted molar refractivity (Wildman–Crippen MR) is 165 cm³/mol. The van der Waals surface area contributed by atoms with E-state index in [1.807, 2.05) is 19.1 Å². The minimum absolute atomic E-state index is 0.0478. The highest BCUT2D eigenvalue weighted by Gasteiger charge is 2.34. The molecule has 0 aliphatic heterocycles. The van der Waals surface area contributed by atoms with Crippen molar-refractivity contribution in [3.05, 3.63) is 88.4 Å². The molecule has 0 bridgehead atoms. The van der Waals surface area contributed by atoms with Gasteiger partial charge in [-0.25, -0.2) is 8.42 Å². The number of nitrogens with zero attached hydrogens (tertiary/aromatic N) is 2. The Kier molecular flexibility index (Phi) is 10.2. The van der Waals surface area contributed by atoms with E-state index in [9.17, 15) is 18.0 Å². The van der Waals surface area contributed by atoms with Crippen molar-refractivity contribution < 1.29 is 22.7 Å². The molecule has 1 aliphatic carbocycles. The lowest BCUT2D eigenvalue weighted by atomic mass is 10.1. The smallest absolute Gasteiger partial charge is 0.264 e. The number of ether oxygens (including phenoxy) is 1. The van der Waals surface area contributed by atoms with Crippen molar-refractivity contribution in [2.45, 2.75) is 70.0 Å². The Morgan fingerprint density at radius 3 is 2.38 bits per heavy atom. The molecule has 42 heavy (non-hydrogen) atoms. The molecule has 10 heteroatoms. The fraction of sp³-hybridized carbons (Fsp3) is 0.375. The summed E-state index contributed by atoms with van der Waals surface area (Å²) in [6.45, 7) is 4.86. The largest absolute Gasteiger partial charge is 0.497 e. The highest BCUT2D eigenvalue weighted by molar-refractivity contribution is 7.92. The van der Waals surface area contributed by atoms with Crippen LogP contribution in [-0.2, 0) is 26.2 Å². The number of carbonyl (C=O) groups excluding carboxylic acids is 2. The summed E-state index contributed by atoms with van der Waals surface area (Å²) in [6, 6.07) is 17.8. The summed E-state index contributed by atoms with van der Waals surface area (Å²) in [5.74, 6) is -0.187. The third kappa shape index (κ3) is 7.44. The number of hydrogen-bond donors (Lipinski definition) is 1. The zero-order valence-corrected chi connectivity index (χ0v) is 26.0. The van der Waals surface area contributed by atoms with Crippen molar-refractivity contribution in [2.24, 2.45) is 0 Å². The molecule has 224 valence electrons. The number of amides is 2. The van der Waals surface area contributed by atoms with Crippen molar-refractivity contribution in [3.63, 3.8) is 0 Å². The fourth-order valence-corrected chi connectivity index (χ4v) is 6.78. The molecule has 1 saturated carbocycles. The van der Waals surface area contributed by atoms with Gasteiger partial charge in [-0.3, -0.25) is 13.9 Å². The summed E-state index contributed by atoms with van der Waals surface area (Å²) in [5.41, 5.74) is 2.58. The first-order valence-electron chi connectivity index (χ1n) is 14.1. The van der Waals surface area contributed by atoms with Gasteiger partial charge in [0, 0.05) is 17.6 Å². The van der Waals surface area contributed by atoms with Crippen molar-refractivity contribution in [2.75, 3.05) is 18.0 Å². The zero-order valence-electron chi connectivity index (χ0n) is 24.5. The lowest BCUT2D eigenvalue weighted by Crippen LogP contribution is -2.52. The second-order valence-electron chi connectivity index (χ2n) is 10.8. The summed E-state index contributed by atoms with van der Waals surface area (Å²) in [5, 5.41) is 3.42. The quantitative estimate of drug-likeness (QED) is 0.303. The molecule has 0 saturated heterocycles. The molecule has 1 fully saturated rings. The number of carbonyl (C=O) groups is 2. The Bertz CT molecular complexity index is 1520. The SMILES string of the molecule is COc1cccc(CN(C(=O)CN(c2cc(Cl)ccc2C)S(=O)(=O)c2ccc(C)cc2)[C@@H](C)C(=O)NC2CCCC2)c1. The van der Waals surface area contributed by atoms with E-state index in [4.69, 9.17) is 16.3 Å². The van der Waals surface area contributed by atoms with E-state index >= 15 is 0 Å². The van der Waals surface area contributed by atoms with Crippen molar-refractivity contribution in [3.8, 4) is 5.75 Å². The molecule has 1 atom stereocenters. The van der Waals surface area contributed by atoms with E-state index in [0.29, 0.717) is 22.0 Å². The summed E-state index contributed by atoms with van der Waals surface area (Å²) in [7, 11) is -2.62. The van der Waals surface area contributed by atoms with Crippen LogP contribution >= 0.6 is 11.6 Å². The van der Waals surface area contributed by atoms with Crippen molar-refractivity contribution in [1.82, 2.24) is 10.2 Å². The number of methoxy groups -OCH3 is 1. The maximum absolute atomic E-state index is 14.2. The lowest BCUT2D eigenvalue weighted by Gasteiger charge is -2.33. The second kappa shape index (κ2) is 13.6. The van der Waals surface area contributed by atoms with Gasteiger partial charge < -0.3 is 15.0 Å². The Balaban J connectivity index is 1.72. The number of benzene rings is 3. The van der Waals surface area contributed by atoms with Crippen molar-refractivity contribution in [1.29, 1.82) is 0 Å². The number of rotatable bonds is 11. The van der Waals surface area contributed by atoms with Crippen LogP contribution < -0.4 is 14.4 Å².